The number of dihydropyridines is 1. The van der Waals surface area contributed by atoms with E-state index in [1.165, 1.54) is 13.2 Å². The third-order valence-electron chi connectivity index (χ3n) is 5.79. The zero-order valence-corrected chi connectivity index (χ0v) is 17.4. The summed E-state index contributed by atoms with van der Waals surface area (Å²) in [6.45, 7) is 1.75. The number of esters is 1. The van der Waals surface area contributed by atoms with Gasteiger partial charge in [-0.15, -0.1) is 0 Å². The summed E-state index contributed by atoms with van der Waals surface area (Å²) in [5.41, 5.74) is 3.31. The fourth-order valence-electron chi connectivity index (χ4n) is 4.41. The third-order valence-corrected chi connectivity index (χ3v) is 6.04. The number of halogens is 2. The fraction of sp³-hybridized carbons (Fsp3) is 0.250. The molecule has 1 aliphatic heterocycles. The Morgan fingerprint density at radius 3 is 2.50 bits per heavy atom. The summed E-state index contributed by atoms with van der Waals surface area (Å²) < 4.78 is 19.7. The van der Waals surface area contributed by atoms with Crippen molar-refractivity contribution in [2.24, 2.45) is 0 Å². The summed E-state index contributed by atoms with van der Waals surface area (Å²) in [5, 5.41) is 3.87. The normalized spacial score (nSPS) is 21.3. The van der Waals surface area contributed by atoms with Gasteiger partial charge in [0, 0.05) is 34.0 Å². The maximum absolute atomic E-state index is 14.8. The molecule has 154 valence electrons. The molecule has 0 unspecified atom stereocenters. The Kier molecular flexibility index (Phi) is 5.48. The van der Waals surface area contributed by atoms with Crippen molar-refractivity contribution in [2.45, 2.75) is 31.6 Å². The van der Waals surface area contributed by atoms with Crippen LogP contribution in [-0.4, -0.2) is 18.9 Å². The van der Waals surface area contributed by atoms with Crippen LogP contribution in [0.2, 0.25) is 5.02 Å². The van der Waals surface area contributed by atoms with Crippen LogP contribution in [0.4, 0.5) is 4.39 Å². The van der Waals surface area contributed by atoms with Gasteiger partial charge >= 0.3 is 5.97 Å². The molecule has 2 aromatic rings. The standard InChI is InChI=1S/C24H21ClFNO3/c1-13-21(24(29)30-2)22(17-5-3-4-6-18(17)26)23-19(27-13)11-15(12-20(23)28)14-7-9-16(25)10-8-14/h3-10,15,22,27H,11-12H2,1-2H3/t15-,22+/m0/s1. The van der Waals surface area contributed by atoms with Gasteiger partial charge in [-0.3, -0.25) is 4.79 Å². The van der Waals surface area contributed by atoms with Crippen LogP contribution in [0.25, 0.3) is 0 Å². The van der Waals surface area contributed by atoms with Crippen molar-refractivity contribution in [3.63, 3.8) is 0 Å². The Hall–Kier alpha value is -2.92. The summed E-state index contributed by atoms with van der Waals surface area (Å²) in [6.07, 6.45) is 0.861. The predicted octanol–water partition coefficient (Wildman–Crippen LogP) is 5.01. The topological polar surface area (TPSA) is 55.4 Å². The molecule has 2 atom stereocenters. The molecule has 0 fully saturated rings. The molecule has 0 spiro atoms. The lowest BCUT2D eigenvalue weighted by atomic mass is 9.71. The van der Waals surface area contributed by atoms with Crippen molar-refractivity contribution in [2.75, 3.05) is 7.11 Å². The molecule has 4 rings (SSSR count). The van der Waals surface area contributed by atoms with Gasteiger partial charge in [0.2, 0.25) is 0 Å². The lowest BCUT2D eigenvalue weighted by Gasteiger charge is -2.36. The minimum Gasteiger partial charge on any atom is -0.466 e. The fourth-order valence-corrected chi connectivity index (χ4v) is 4.54. The Bertz CT molecular complexity index is 1090. The molecule has 2 aromatic carbocycles. The molecule has 2 aliphatic rings. The Balaban J connectivity index is 1.82. The Morgan fingerprint density at radius 1 is 1.13 bits per heavy atom. The highest BCUT2D eigenvalue weighted by molar-refractivity contribution is 6.30. The molecular formula is C24H21ClFNO3. The van der Waals surface area contributed by atoms with E-state index in [1.807, 2.05) is 24.3 Å². The Morgan fingerprint density at radius 2 is 1.83 bits per heavy atom. The predicted molar refractivity (Wildman–Crippen MR) is 112 cm³/mol. The number of hydrogen-bond acceptors (Lipinski definition) is 4. The quantitative estimate of drug-likeness (QED) is 0.702. The van der Waals surface area contributed by atoms with Crippen LogP contribution in [-0.2, 0) is 14.3 Å². The van der Waals surface area contributed by atoms with Crippen LogP contribution in [0.5, 0.6) is 0 Å². The Labute approximate surface area is 179 Å². The average Bonchev–Trinajstić information content (AvgIpc) is 2.73. The van der Waals surface area contributed by atoms with E-state index in [2.05, 4.69) is 5.32 Å². The van der Waals surface area contributed by atoms with E-state index in [0.29, 0.717) is 28.3 Å². The van der Waals surface area contributed by atoms with E-state index < -0.39 is 17.7 Å². The summed E-state index contributed by atoms with van der Waals surface area (Å²) in [6, 6.07) is 13.7. The van der Waals surface area contributed by atoms with Crippen LogP contribution < -0.4 is 5.32 Å². The molecule has 0 saturated heterocycles. The van der Waals surface area contributed by atoms with E-state index >= 15 is 0 Å². The molecule has 0 bridgehead atoms. The van der Waals surface area contributed by atoms with Gasteiger partial charge in [0.25, 0.3) is 0 Å². The van der Waals surface area contributed by atoms with Crippen LogP contribution in [0.15, 0.2) is 71.1 Å². The van der Waals surface area contributed by atoms with E-state index in [-0.39, 0.29) is 23.7 Å². The first-order chi connectivity index (χ1) is 14.4. The molecular weight excluding hydrogens is 405 g/mol. The van der Waals surface area contributed by atoms with Crippen molar-refractivity contribution >= 4 is 23.4 Å². The second kappa shape index (κ2) is 8.07. The molecule has 1 N–H and O–H groups in total. The highest BCUT2D eigenvalue weighted by Crippen LogP contribution is 2.46. The van der Waals surface area contributed by atoms with Gasteiger partial charge in [-0.2, -0.15) is 0 Å². The lowest BCUT2D eigenvalue weighted by Crippen LogP contribution is -2.36. The number of carbonyl (C=O) groups is 2. The zero-order valence-electron chi connectivity index (χ0n) is 16.7. The van der Waals surface area contributed by atoms with Crippen LogP contribution >= 0.6 is 11.6 Å². The van der Waals surface area contributed by atoms with E-state index in [4.69, 9.17) is 16.3 Å². The van der Waals surface area contributed by atoms with Gasteiger partial charge < -0.3 is 10.1 Å². The lowest BCUT2D eigenvalue weighted by molar-refractivity contribution is -0.136. The third kappa shape index (κ3) is 3.54. The zero-order chi connectivity index (χ0) is 21.4. The average molecular weight is 426 g/mol. The molecule has 0 amide bonds. The second-order valence-electron chi connectivity index (χ2n) is 7.58. The first kappa shape index (κ1) is 20.4. The van der Waals surface area contributed by atoms with E-state index in [9.17, 15) is 14.0 Å². The summed E-state index contributed by atoms with van der Waals surface area (Å²) >= 11 is 6.00. The number of hydrogen-bond donors (Lipinski definition) is 1. The molecule has 6 heteroatoms. The molecule has 4 nitrogen and oxygen atoms in total. The van der Waals surface area contributed by atoms with E-state index in [0.717, 1.165) is 11.3 Å². The van der Waals surface area contributed by atoms with Crippen molar-refractivity contribution in [3.05, 3.63) is 93.0 Å². The number of carbonyl (C=O) groups excluding carboxylic acids is 2. The molecule has 0 radical (unpaired) electrons. The monoisotopic (exact) mass is 425 g/mol. The van der Waals surface area contributed by atoms with Crippen molar-refractivity contribution in [3.8, 4) is 0 Å². The van der Waals surface area contributed by atoms with Gasteiger partial charge in [-0.1, -0.05) is 41.9 Å². The van der Waals surface area contributed by atoms with Gasteiger partial charge in [-0.05, 0) is 43.0 Å². The maximum Gasteiger partial charge on any atom is 0.336 e. The van der Waals surface area contributed by atoms with Crippen LogP contribution in [0, 0.1) is 5.82 Å². The number of ether oxygens (including phenoxy) is 1. The highest BCUT2D eigenvalue weighted by atomic mass is 35.5. The van der Waals surface area contributed by atoms with Crippen molar-refractivity contribution in [1.29, 1.82) is 0 Å². The SMILES string of the molecule is COC(=O)C1=C(C)NC2=C(C(=O)C[C@@H](c3ccc(Cl)cc3)C2)[C@@H]1c1ccccc1F. The smallest absolute Gasteiger partial charge is 0.336 e. The van der Waals surface area contributed by atoms with Crippen molar-refractivity contribution < 1.29 is 18.7 Å². The first-order valence-corrected chi connectivity index (χ1v) is 10.1. The number of benzene rings is 2. The molecule has 1 heterocycles. The number of Topliss-reactive ketones (excluding diaryl/α,β-unsaturated/α-hetero) is 1. The number of methoxy groups -OCH3 is 1. The number of nitrogens with one attached hydrogen (secondary N) is 1. The molecule has 1 aliphatic carbocycles. The molecule has 0 saturated carbocycles. The first-order valence-electron chi connectivity index (χ1n) is 9.73. The summed E-state index contributed by atoms with van der Waals surface area (Å²) in [5.74, 6) is -1.96. The number of rotatable bonds is 3. The van der Waals surface area contributed by atoms with Gasteiger partial charge in [0.1, 0.15) is 5.82 Å². The van der Waals surface area contributed by atoms with Crippen LogP contribution in [0.1, 0.15) is 42.7 Å². The minimum absolute atomic E-state index is 0.0187. The van der Waals surface area contributed by atoms with Gasteiger partial charge in [0.15, 0.2) is 5.78 Å². The maximum atomic E-state index is 14.8. The highest BCUT2D eigenvalue weighted by Gasteiger charge is 2.42. The van der Waals surface area contributed by atoms with Gasteiger partial charge in [0.05, 0.1) is 18.6 Å². The summed E-state index contributed by atoms with van der Waals surface area (Å²) in [4.78, 5) is 25.9. The molecule has 0 aromatic heterocycles. The molecule has 30 heavy (non-hydrogen) atoms. The van der Waals surface area contributed by atoms with Crippen molar-refractivity contribution in [1.82, 2.24) is 5.32 Å². The second-order valence-corrected chi connectivity index (χ2v) is 8.02. The number of ketones is 1. The summed E-state index contributed by atoms with van der Waals surface area (Å²) in [7, 11) is 1.28. The van der Waals surface area contributed by atoms with Gasteiger partial charge in [-0.25, -0.2) is 9.18 Å². The minimum atomic E-state index is -0.798. The largest absolute Gasteiger partial charge is 0.466 e. The number of allylic oxidation sites excluding steroid dienone is 3. The van der Waals surface area contributed by atoms with E-state index in [1.54, 1.807) is 25.1 Å². The van der Waals surface area contributed by atoms with Crippen LogP contribution in [0.3, 0.4) is 0 Å².